The summed E-state index contributed by atoms with van der Waals surface area (Å²) in [5, 5.41) is 0. The SMILES string of the molecule is CS(=O)(=O)N(CCS)C(=O)C(F)(F)F. The third kappa shape index (κ3) is 3.74. The molecule has 0 aliphatic heterocycles. The summed E-state index contributed by atoms with van der Waals surface area (Å²) < 4.78 is 56.9. The Kier molecular flexibility index (Phi) is 4.25. The van der Waals surface area contributed by atoms with Gasteiger partial charge in [0.25, 0.3) is 0 Å². The zero-order chi connectivity index (χ0) is 11.6. The number of nitrogens with zero attached hydrogens (tertiary/aromatic N) is 1. The zero-order valence-corrected chi connectivity index (χ0v) is 8.79. The highest BCUT2D eigenvalue weighted by Crippen LogP contribution is 2.19. The van der Waals surface area contributed by atoms with Crippen LogP contribution in [0.5, 0.6) is 0 Å². The largest absolute Gasteiger partial charge is 0.472 e. The minimum atomic E-state index is -5.19. The molecule has 0 aromatic rings. The van der Waals surface area contributed by atoms with E-state index in [9.17, 15) is 26.4 Å². The van der Waals surface area contributed by atoms with Crippen molar-refractivity contribution in [2.75, 3.05) is 18.6 Å². The average molecular weight is 251 g/mol. The van der Waals surface area contributed by atoms with Crippen LogP contribution in [0, 0.1) is 0 Å². The van der Waals surface area contributed by atoms with Crippen molar-refractivity contribution in [3.8, 4) is 0 Å². The maximum atomic E-state index is 11.9. The predicted octanol–water partition coefficient (Wildman–Crippen LogP) is 0.267. The Labute approximate surface area is 84.5 Å². The molecule has 0 saturated heterocycles. The van der Waals surface area contributed by atoms with Crippen molar-refractivity contribution < 1.29 is 26.4 Å². The second-order valence-corrected chi connectivity index (χ2v) is 4.72. The lowest BCUT2D eigenvalue weighted by molar-refractivity contribution is -0.180. The molecular formula is C5H8F3NO3S2. The lowest BCUT2D eigenvalue weighted by Crippen LogP contribution is -2.45. The molecule has 1 amide bonds. The quantitative estimate of drug-likeness (QED) is 0.732. The van der Waals surface area contributed by atoms with Crippen molar-refractivity contribution in [1.82, 2.24) is 4.31 Å². The molecule has 9 heteroatoms. The molecule has 0 aliphatic rings. The molecule has 0 saturated carbocycles. The summed E-state index contributed by atoms with van der Waals surface area (Å²) in [6.45, 7) is -0.597. The number of rotatable bonds is 3. The van der Waals surface area contributed by atoms with Gasteiger partial charge in [0.05, 0.1) is 6.26 Å². The third-order valence-corrected chi connectivity index (χ3v) is 2.52. The van der Waals surface area contributed by atoms with E-state index in [2.05, 4.69) is 12.6 Å². The fourth-order valence-corrected chi connectivity index (χ4v) is 1.81. The van der Waals surface area contributed by atoms with Gasteiger partial charge in [0.2, 0.25) is 10.0 Å². The number of amides is 1. The molecular weight excluding hydrogens is 243 g/mol. The first kappa shape index (κ1) is 13.6. The fraction of sp³-hybridized carbons (Fsp3) is 0.800. The van der Waals surface area contributed by atoms with Gasteiger partial charge in [-0.25, -0.2) is 12.7 Å². The Morgan fingerprint density at radius 2 is 1.86 bits per heavy atom. The summed E-state index contributed by atoms with van der Waals surface area (Å²) >= 11 is 3.56. The Bertz CT molecular complexity index is 311. The second-order valence-electron chi connectivity index (χ2n) is 2.36. The first-order valence-corrected chi connectivity index (χ1v) is 5.78. The average Bonchev–Trinajstić information content (AvgIpc) is 1.94. The van der Waals surface area contributed by atoms with Gasteiger partial charge >= 0.3 is 12.1 Å². The van der Waals surface area contributed by atoms with E-state index in [1.54, 1.807) is 0 Å². The van der Waals surface area contributed by atoms with E-state index in [0.29, 0.717) is 6.26 Å². The van der Waals surface area contributed by atoms with Crippen LogP contribution in [0.4, 0.5) is 13.2 Å². The van der Waals surface area contributed by atoms with Gasteiger partial charge in [0, 0.05) is 12.3 Å². The van der Waals surface area contributed by atoms with Gasteiger partial charge in [-0.1, -0.05) is 0 Å². The van der Waals surface area contributed by atoms with Gasteiger partial charge in [0.15, 0.2) is 0 Å². The van der Waals surface area contributed by atoms with Crippen molar-refractivity contribution in [3.63, 3.8) is 0 Å². The van der Waals surface area contributed by atoms with Crippen molar-refractivity contribution in [1.29, 1.82) is 0 Å². The lowest BCUT2D eigenvalue weighted by Gasteiger charge is -2.20. The second kappa shape index (κ2) is 4.39. The Balaban J connectivity index is 4.96. The molecule has 0 aliphatic carbocycles. The van der Waals surface area contributed by atoms with Crippen LogP contribution >= 0.6 is 12.6 Å². The maximum absolute atomic E-state index is 11.9. The topological polar surface area (TPSA) is 54.5 Å². The monoisotopic (exact) mass is 251 g/mol. The van der Waals surface area contributed by atoms with Crippen LogP contribution in [0.25, 0.3) is 0 Å². The summed E-state index contributed by atoms with van der Waals surface area (Å²) in [5.74, 6) is -2.57. The minimum absolute atomic E-state index is 0.172. The van der Waals surface area contributed by atoms with Crippen molar-refractivity contribution in [3.05, 3.63) is 0 Å². The fourth-order valence-electron chi connectivity index (χ4n) is 0.650. The zero-order valence-electron chi connectivity index (χ0n) is 7.08. The van der Waals surface area contributed by atoms with Crippen LogP contribution < -0.4 is 0 Å². The Morgan fingerprint density at radius 1 is 1.43 bits per heavy atom. The summed E-state index contributed by atoms with van der Waals surface area (Å²) in [7, 11) is -4.19. The highest BCUT2D eigenvalue weighted by Gasteiger charge is 2.45. The number of hydrogen-bond acceptors (Lipinski definition) is 4. The van der Waals surface area contributed by atoms with E-state index >= 15 is 0 Å². The standard InChI is InChI=1S/C5H8F3NO3S2/c1-14(11,12)9(2-3-13)4(10)5(6,7)8/h13H,2-3H2,1H3. The third-order valence-electron chi connectivity index (χ3n) is 1.17. The molecule has 0 unspecified atom stereocenters. The molecule has 0 aromatic heterocycles. The molecule has 0 spiro atoms. The maximum Gasteiger partial charge on any atom is 0.472 e. The molecule has 0 rings (SSSR count). The number of carbonyl (C=O) groups excluding carboxylic acids is 1. The molecule has 84 valence electrons. The van der Waals surface area contributed by atoms with Crippen molar-refractivity contribution in [2.45, 2.75) is 6.18 Å². The van der Waals surface area contributed by atoms with Crippen LogP contribution in [0.3, 0.4) is 0 Å². The van der Waals surface area contributed by atoms with Crippen molar-refractivity contribution >= 4 is 28.6 Å². The molecule has 0 atom stereocenters. The normalized spacial score (nSPS) is 12.6. The summed E-state index contributed by atoms with van der Waals surface area (Å²) in [6.07, 6.45) is -4.66. The smallest absolute Gasteiger partial charge is 0.263 e. The number of alkyl halides is 3. The minimum Gasteiger partial charge on any atom is -0.263 e. The molecule has 0 radical (unpaired) electrons. The van der Waals surface area contributed by atoms with E-state index in [1.165, 1.54) is 0 Å². The summed E-state index contributed by atoms with van der Waals surface area (Å²) in [6, 6.07) is 0. The number of halogens is 3. The van der Waals surface area contributed by atoms with Gasteiger partial charge in [-0.05, 0) is 0 Å². The first-order valence-electron chi connectivity index (χ1n) is 3.30. The number of sulfonamides is 1. The molecule has 0 heterocycles. The van der Waals surface area contributed by atoms with Gasteiger partial charge in [-0.2, -0.15) is 25.8 Å². The Morgan fingerprint density at radius 3 is 2.07 bits per heavy atom. The molecule has 0 fully saturated rings. The predicted molar refractivity (Wildman–Crippen MR) is 46.5 cm³/mol. The number of thiol groups is 1. The highest BCUT2D eigenvalue weighted by molar-refractivity contribution is 7.89. The molecule has 4 nitrogen and oxygen atoms in total. The number of carbonyl (C=O) groups is 1. The molecule has 0 aromatic carbocycles. The van der Waals surface area contributed by atoms with Crippen LogP contribution in [0.15, 0.2) is 0 Å². The van der Waals surface area contributed by atoms with E-state index in [4.69, 9.17) is 0 Å². The molecule has 0 bridgehead atoms. The van der Waals surface area contributed by atoms with Gasteiger partial charge < -0.3 is 0 Å². The van der Waals surface area contributed by atoms with Crippen LogP contribution in [0.1, 0.15) is 0 Å². The molecule has 0 N–H and O–H groups in total. The van der Waals surface area contributed by atoms with E-state index in [1.807, 2.05) is 0 Å². The van der Waals surface area contributed by atoms with Crippen LogP contribution in [-0.4, -0.2) is 43.4 Å². The summed E-state index contributed by atoms with van der Waals surface area (Å²) in [4.78, 5) is 10.6. The highest BCUT2D eigenvalue weighted by atomic mass is 32.2. The van der Waals surface area contributed by atoms with Crippen LogP contribution in [0.2, 0.25) is 0 Å². The lowest BCUT2D eigenvalue weighted by atomic mass is 10.5. The van der Waals surface area contributed by atoms with Crippen molar-refractivity contribution in [2.24, 2.45) is 0 Å². The van der Waals surface area contributed by atoms with Crippen LogP contribution in [-0.2, 0) is 14.8 Å². The first-order chi connectivity index (χ1) is 6.10. The van der Waals surface area contributed by atoms with E-state index in [0.717, 1.165) is 0 Å². The van der Waals surface area contributed by atoms with E-state index in [-0.39, 0.29) is 10.1 Å². The van der Waals surface area contributed by atoms with Gasteiger partial charge in [-0.15, -0.1) is 0 Å². The number of hydrogen-bond donors (Lipinski definition) is 1. The Hall–Kier alpha value is -0.440. The van der Waals surface area contributed by atoms with E-state index < -0.39 is 28.7 Å². The van der Waals surface area contributed by atoms with Gasteiger partial charge in [-0.3, -0.25) is 4.79 Å². The molecule has 14 heavy (non-hydrogen) atoms. The summed E-state index contributed by atoms with van der Waals surface area (Å²) in [5.41, 5.74) is 0. The van der Waals surface area contributed by atoms with Gasteiger partial charge in [0.1, 0.15) is 0 Å².